The van der Waals surface area contributed by atoms with E-state index in [1.165, 1.54) is 38.0 Å². The highest BCUT2D eigenvalue weighted by molar-refractivity contribution is 5.85. The molecule has 1 fully saturated rings. The van der Waals surface area contributed by atoms with E-state index in [1.807, 2.05) is 12.4 Å². The van der Waals surface area contributed by atoms with E-state index in [9.17, 15) is 0 Å². The highest BCUT2D eigenvalue weighted by Gasteiger charge is 2.18. The summed E-state index contributed by atoms with van der Waals surface area (Å²) in [6.07, 6.45) is 6.44. The fourth-order valence-electron chi connectivity index (χ4n) is 2.54. The number of hydrogen-bond donors (Lipinski definition) is 1. The van der Waals surface area contributed by atoms with Crippen molar-refractivity contribution in [1.82, 2.24) is 15.2 Å². The molecule has 102 valence electrons. The number of piperidine rings is 1. The van der Waals surface area contributed by atoms with E-state index < -0.39 is 0 Å². The Morgan fingerprint density at radius 1 is 1.44 bits per heavy atom. The van der Waals surface area contributed by atoms with E-state index in [4.69, 9.17) is 0 Å². The molecule has 4 heteroatoms. The Balaban J connectivity index is 0.00000162. The van der Waals surface area contributed by atoms with Gasteiger partial charge in [0.25, 0.3) is 0 Å². The average molecular weight is 270 g/mol. The summed E-state index contributed by atoms with van der Waals surface area (Å²) in [5.74, 6) is 0.804. The molecular weight excluding hydrogens is 246 g/mol. The van der Waals surface area contributed by atoms with Crippen molar-refractivity contribution in [2.24, 2.45) is 5.92 Å². The minimum atomic E-state index is 0. The largest absolute Gasteiger partial charge is 0.316 e. The van der Waals surface area contributed by atoms with Crippen molar-refractivity contribution in [3.63, 3.8) is 0 Å². The summed E-state index contributed by atoms with van der Waals surface area (Å²) in [5.41, 5.74) is 1.35. The van der Waals surface area contributed by atoms with E-state index >= 15 is 0 Å². The van der Waals surface area contributed by atoms with Gasteiger partial charge < -0.3 is 5.32 Å². The lowest BCUT2D eigenvalue weighted by molar-refractivity contribution is 0.199. The first-order valence-corrected chi connectivity index (χ1v) is 6.58. The number of rotatable bonds is 4. The molecule has 0 aromatic carbocycles. The van der Waals surface area contributed by atoms with E-state index in [0.717, 1.165) is 5.92 Å². The summed E-state index contributed by atoms with van der Waals surface area (Å²) in [5, 5.41) is 3.48. The maximum Gasteiger partial charge on any atom is 0.0318 e. The molecule has 1 aromatic heterocycles. The van der Waals surface area contributed by atoms with Crippen LogP contribution >= 0.6 is 12.4 Å². The van der Waals surface area contributed by atoms with Gasteiger partial charge in [0, 0.05) is 25.0 Å². The maximum atomic E-state index is 4.07. The Morgan fingerprint density at radius 3 is 2.78 bits per heavy atom. The van der Waals surface area contributed by atoms with Crippen LogP contribution in [0, 0.1) is 5.92 Å². The molecular formula is C14H24ClN3. The molecule has 0 radical (unpaired) electrons. The minimum Gasteiger partial charge on any atom is -0.316 e. The van der Waals surface area contributed by atoms with Crippen molar-refractivity contribution in [1.29, 1.82) is 0 Å². The Morgan fingerprint density at radius 2 is 2.17 bits per heavy atom. The van der Waals surface area contributed by atoms with Crippen molar-refractivity contribution in [3.05, 3.63) is 30.1 Å². The third-order valence-electron chi connectivity index (χ3n) is 3.79. The van der Waals surface area contributed by atoms with Gasteiger partial charge in [0.05, 0.1) is 0 Å². The third kappa shape index (κ3) is 4.23. The Kier molecular flexibility index (Phi) is 6.61. The first kappa shape index (κ1) is 15.4. The third-order valence-corrected chi connectivity index (χ3v) is 3.79. The van der Waals surface area contributed by atoms with Crippen molar-refractivity contribution >= 4 is 12.4 Å². The standard InChI is InChI=1S/C14H23N3.ClH/c1-12(14-5-8-15-9-6-14)17(2)11-13-4-3-7-16-10-13;/h5-6,8-9,12-13,16H,3-4,7,10-11H2,1-2H3;1H. The smallest absolute Gasteiger partial charge is 0.0318 e. The quantitative estimate of drug-likeness (QED) is 0.910. The molecule has 0 aliphatic carbocycles. The van der Waals surface area contributed by atoms with Gasteiger partial charge in [0.2, 0.25) is 0 Å². The van der Waals surface area contributed by atoms with E-state index in [0.29, 0.717) is 6.04 Å². The van der Waals surface area contributed by atoms with Crippen LogP contribution in [-0.4, -0.2) is 36.6 Å². The van der Waals surface area contributed by atoms with Crippen molar-refractivity contribution in [2.75, 3.05) is 26.7 Å². The van der Waals surface area contributed by atoms with Crippen LogP contribution in [0.25, 0.3) is 0 Å². The predicted octanol–water partition coefficient (Wildman–Crippen LogP) is 2.50. The van der Waals surface area contributed by atoms with Gasteiger partial charge in [-0.05, 0) is 63.5 Å². The molecule has 0 saturated carbocycles. The lowest BCUT2D eigenvalue weighted by Crippen LogP contribution is -2.37. The van der Waals surface area contributed by atoms with Crippen LogP contribution in [0.1, 0.15) is 31.4 Å². The molecule has 2 unspecified atom stereocenters. The molecule has 1 aromatic rings. The fourth-order valence-corrected chi connectivity index (χ4v) is 2.54. The Labute approximate surface area is 116 Å². The second-order valence-electron chi connectivity index (χ2n) is 5.11. The number of halogens is 1. The van der Waals surface area contributed by atoms with Crippen LogP contribution in [0.5, 0.6) is 0 Å². The van der Waals surface area contributed by atoms with Gasteiger partial charge in [-0.2, -0.15) is 0 Å². The molecule has 3 nitrogen and oxygen atoms in total. The topological polar surface area (TPSA) is 28.2 Å². The number of pyridine rings is 1. The first-order chi connectivity index (χ1) is 8.27. The summed E-state index contributed by atoms with van der Waals surface area (Å²) in [6, 6.07) is 4.69. The van der Waals surface area contributed by atoms with Gasteiger partial charge in [0.15, 0.2) is 0 Å². The molecule has 1 saturated heterocycles. The highest BCUT2D eigenvalue weighted by Crippen LogP contribution is 2.20. The van der Waals surface area contributed by atoms with E-state index in [-0.39, 0.29) is 12.4 Å². The lowest BCUT2D eigenvalue weighted by atomic mass is 9.98. The number of hydrogen-bond acceptors (Lipinski definition) is 3. The van der Waals surface area contributed by atoms with Gasteiger partial charge in [-0.1, -0.05) is 0 Å². The van der Waals surface area contributed by atoms with Crippen LogP contribution in [0.4, 0.5) is 0 Å². The molecule has 2 rings (SSSR count). The SMILES string of the molecule is CC(c1ccncc1)N(C)CC1CCCNC1.Cl. The fraction of sp³-hybridized carbons (Fsp3) is 0.643. The Hall–Kier alpha value is -0.640. The second-order valence-corrected chi connectivity index (χ2v) is 5.11. The Bertz CT molecular complexity index is 325. The van der Waals surface area contributed by atoms with Gasteiger partial charge in [-0.3, -0.25) is 9.88 Å². The molecule has 1 N–H and O–H groups in total. The van der Waals surface area contributed by atoms with Crippen LogP contribution in [0.15, 0.2) is 24.5 Å². The van der Waals surface area contributed by atoms with Gasteiger partial charge in [0.1, 0.15) is 0 Å². The van der Waals surface area contributed by atoms with Gasteiger partial charge >= 0.3 is 0 Å². The lowest BCUT2D eigenvalue weighted by Gasteiger charge is -2.31. The summed E-state index contributed by atoms with van der Waals surface area (Å²) >= 11 is 0. The van der Waals surface area contributed by atoms with Gasteiger partial charge in [-0.25, -0.2) is 0 Å². The van der Waals surface area contributed by atoms with E-state index in [1.54, 1.807) is 0 Å². The molecule has 2 atom stereocenters. The van der Waals surface area contributed by atoms with E-state index in [2.05, 4.69) is 41.3 Å². The first-order valence-electron chi connectivity index (χ1n) is 6.58. The van der Waals surface area contributed by atoms with Crippen molar-refractivity contribution < 1.29 is 0 Å². The molecule has 0 amide bonds. The summed E-state index contributed by atoms with van der Waals surface area (Å²) in [7, 11) is 2.22. The predicted molar refractivity (Wildman–Crippen MR) is 78.1 cm³/mol. The van der Waals surface area contributed by atoms with Crippen molar-refractivity contribution in [2.45, 2.75) is 25.8 Å². The zero-order valence-corrected chi connectivity index (χ0v) is 12.1. The monoisotopic (exact) mass is 269 g/mol. The van der Waals surface area contributed by atoms with Gasteiger partial charge in [-0.15, -0.1) is 12.4 Å². The summed E-state index contributed by atoms with van der Waals surface area (Å²) < 4.78 is 0. The summed E-state index contributed by atoms with van der Waals surface area (Å²) in [6.45, 7) is 5.82. The van der Waals surface area contributed by atoms with Crippen LogP contribution in [0.3, 0.4) is 0 Å². The molecule has 18 heavy (non-hydrogen) atoms. The zero-order valence-electron chi connectivity index (χ0n) is 11.3. The van der Waals surface area contributed by atoms with Crippen LogP contribution in [0.2, 0.25) is 0 Å². The molecule has 0 bridgehead atoms. The number of aromatic nitrogens is 1. The molecule has 1 aliphatic rings. The maximum absolute atomic E-state index is 4.07. The minimum absolute atomic E-state index is 0. The highest BCUT2D eigenvalue weighted by atomic mass is 35.5. The van der Waals surface area contributed by atoms with Crippen LogP contribution < -0.4 is 5.32 Å². The number of nitrogens with one attached hydrogen (secondary N) is 1. The number of nitrogens with zero attached hydrogens (tertiary/aromatic N) is 2. The zero-order chi connectivity index (χ0) is 12.1. The normalized spacial score (nSPS) is 21.4. The molecule has 0 spiro atoms. The second kappa shape index (κ2) is 7.72. The average Bonchev–Trinajstić information content (AvgIpc) is 2.40. The molecule has 2 heterocycles. The summed E-state index contributed by atoms with van der Waals surface area (Å²) in [4.78, 5) is 6.53. The molecule has 1 aliphatic heterocycles. The van der Waals surface area contributed by atoms with Crippen LogP contribution in [-0.2, 0) is 0 Å². The van der Waals surface area contributed by atoms with Crippen molar-refractivity contribution in [3.8, 4) is 0 Å².